The molecule has 0 saturated carbocycles. The third-order valence-corrected chi connectivity index (χ3v) is 9.50. The van der Waals surface area contributed by atoms with Gasteiger partial charge in [-0.25, -0.2) is 23.4 Å². The maximum Gasteiger partial charge on any atom is 0.573 e. The number of pyridine rings is 1. The van der Waals surface area contributed by atoms with Crippen LogP contribution in [0.5, 0.6) is 11.5 Å². The number of hydrogen-bond acceptors (Lipinski definition) is 9. The highest BCUT2D eigenvalue weighted by Crippen LogP contribution is 2.42. The Morgan fingerprint density at radius 1 is 0.963 bits per heavy atom. The van der Waals surface area contributed by atoms with E-state index in [1.165, 1.54) is 30.9 Å². The number of halogens is 5. The molecule has 0 spiro atoms. The number of benzene rings is 3. The molecule has 1 amide bonds. The summed E-state index contributed by atoms with van der Waals surface area (Å²) in [6, 6.07) is 19.0. The minimum absolute atomic E-state index is 0.0481. The second kappa shape index (κ2) is 15.3. The van der Waals surface area contributed by atoms with Crippen molar-refractivity contribution in [3.05, 3.63) is 120 Å². The van der Waals surface area contributed by atoms with E-state index < -0.39 is 35.3 Å². The van der Waals surface area contributed by atoms with Crippen molar-refractivity contribution < 1.29 is 41.0 Å². The maximum atomic E-state index is 15.0. The van der Waals surface area contributed by atoms with Crippen molar-refractivity contribution in [2.45, 2.75) is 31.9 Å². The zero-order valence-corrected chi connectivity index (χ0v) is 29.1. The quantitative estimate of drug-likeness (QED) is 0.147. The van der Waals surface area contributed by atoms with Crippen LogP contribution in [0.3, 0.4) is 0 Å². The molecule has 2 aliphatic heterocycles. The Kier molecular flexibility index (Phi) is 10.4. The Hall–Kier alpha value is -5.77. The Morgan fingerprint density at radius 3 is 2.35 bits per heavy atom. The fraction of sp³-hybridized carbons (Fsp3) is 0.316. The van der Waals surface area contributed by atoms with Crippen LogP contribution in [-0.4, -0.2) is 71.4 Å². The lowest BCUT2D eigenvalue weighted by Crippen LogP contribution is -2.46. The van der Waals surface area contributed by atoms with Crippen LogP contribution in [0, 0.1) is 24.5 Å². The van der Waals surface area contributed by atoms with E-state index in [1.54, 1.807) is 16.8 Å². The summed E-state index contributed by atoms with van der Waals surface area (Å²) in [5, 5.41) is 6.75. The van der Waals surface area contributed by atoms with Crippen LogP contribution in [-0.2, 0) is 16.9 Å². The van der Waals surface area contributed by atoms with Crippen molar-refractivity contribution in [3.8, 4) is 11.5 Å². The van der Waals surface area contributed by atoms with Gasteiger partial charge in [0.25, 0.3) is 5.91 Å². The Balaban J connectivity index is 0.905. The standard InChI is InChI=1S/C38H36F5N7O4/c1-25-16-30(7-10-34(25)52-20-26-18-37(53-21-26,22-50-24-44-23-46-50)32-9-4-28(39)17-33(32)40)49-14-12-48(13-15-49)29-5-2-27(3-6-29)36(51)47-35-11-8-31(19-45-35)54-38(41,42)43/h2-11,16-17,19,23-24,26H,12-15,18,20-22H2,1H3,(H,45,47,51)/t26-,37+/m1/s1. The highest BCUT2D eigenvalue weighted by molar-refractivity contribution is 6.03. The molecular weight excluding hydrogens is 713 g/mol. The number of nitrogens with one attached hydrogen (secondary N) is 1. The molecule has 2 saturated heterocycles. The molecule has 2 aromatic heterocycles. The molecule has 7 rings (SSSR count). The summed E-state index contributed by atoms with van der Waals surface area (Å²) in [6.07, 6.45) is -0.551. The van der Waals surface area contributed by atoms with Crippen LogP contribution >= 0.6 is 0 Å². The number of alkyl halides is 3. The summed E-state index contributed by atoms with van der Waals surface area (Å²) in [5.41, 5.74) is 2.60. The van der Waals surface area contributed by atoms with Gasteiger partial charge in [-0.3, -0.25) is 4.79 Å². The predicted molar refractivity (Wildman–Crippen MR) is 189 cm³/mol. The molecule has 2 atom stereocenters. The number of aromatic nitrogens is 4. The fourth-order valence-corrected chi connectivity index (χ4v) is 6.87. The highest BCUT2D eigenvalue weighted by atomic mass is 19.4. The van der Waals surface area contributed by atoms with Gasteiger partial charge >= 0.3 is 6.36 Å². The van der Waals surface area contributed by atoms with Gasteiger partial charge < -0.3 is 29.3 Å². The van der Waals surface area contributed by atoms with Gasteiger partial charge in [-0.15, -0.1) is 13.2 Å². The second-order valence-corrected chi connectivity index (χ2v) is 13.3. The van der Waals surface area contributed by atoms with E-state index in [2.05, 4.69) is 41.0 Å². The van der Waals surface area contributed by atoms with Crippen LogP contribution < -0.4 is 24.6 Å². The molecule has 282 valence electrons. The van der Waals surface area contributed by atoms with E-state index in [0.717, 1.165) is 67.2 Å². The Morgan fingerprint density at radius 2 is 1.70 bits per heavy atom. The first-order valence-electron chi connectivity index (χ1n) is 17.2. The number of nitrogens with zero attached hydrogens (tertiary/aromatic N) is 6. The van der Waals surface area contributed by atoms with Crippen molar-refractivity contribution in [2.75, 3.05) is 54.5 Å². The van der Waals surface area contributed by atoms with Crippen molar-refractivity contribution in [1.82, 2.24) is 19.7 Å². The zero-order valence-electron chi connectivity index (χ0n) is 29.1. The molecule has 3 aromatic carbocycles. The van der Waals surface area contributed by atoms with Crippen LogP contribution in [0.25, 0.3) is 0 Å². The van der Waals surface area contributed by atoms with E-state index in [1.807, 2.05) is 31.2 Å². The SMILES string of the molecule is Cc1cc(N2CCN(c3ccc(C(=O)Nc4ccc(OC(F)(F)F)cn4)cc3)CC2)ccc1OC[C@@H]1CO[C@@](Cn2cncn2)(c2ccc(F)cc2F)C1. The average molecular weight is 750 g/mol. The molecular formula is C38H36F5N7O4. The number of ether oxygens (including phenoxy) is 3. The molecule has 0 unspecified atom stereocenters. The van der Waals surface area contributed by atoms with Crippen LogP contribution in [0.2, 0.25) is 0 Å². The number of hydrogen-bond donors (Lipinski definition) is 1. The van der Waals surface area contributed by atoms with E-state index in [4.69, 9.17) is 9.47 Å². The molecule has 11 nitrogen and oxygen atoms in total. The van der Waals surface area contributed by atoms with E-state index in [0.29, 0.717) is 25.2 Å². The second-order valence-electron chi connectivity index (χ2n) is 13.3. The van der Waals surface area contributed by atoms with Gasteiger partial charge in [-0.1, -0.05) is 6.07 Å². The minimum Gasteiger partial charge on any atom is -0.493 e. The molecule has 54 heavy (non-hydrogen) atoms. The van der Waals surface area contributed by atoms with Gasteiger partial charge in [0.1, 0.15) is 47.2 Å². The first kappa shape index (κ1) is 36.6. The zero-order chi connectivity index (χ0) is 37.9. The summed E-state index contributed by atoms with van der Waals surface area (Å²) in [5.74, 6) is -1.46. The summed E-state index contributed by atoms with van der Waals surface area (Å²) in [6.45, 7) is 5.96. The number of piperazine rings is 1. The van der Waals surface area contributed by atoms with E-state index in [9.17, 15) is 22.4 Å². The van der Waals surface area contributed by atoms with Crippen LogP contribution in [0.1, 0.15) is 27.9 Å². The van der Waals surface area contributed by atoms with E-state index >= 15 is 4.39 Å². The lowest BCUT2D eigenvalue weighted by atomic mass is 9.87. The molecule has 0 bridgehead atoms. The van der Waals surface area contributed by atoms with Gasteiger partial charge in [-0.05, 0) is 79.6 Å². The molecule has 2 fully saturated rings. The molecule has 2 aliphatic rings. The summed E-state index contributed by atoms with van der Waals surface area (Å²) < 4.78 is 83.8. The number of rotatable bonds is 11. The monoisotopic (exact) mass is 749 g/mol. The fourth-order valence-electron chi connectivity index (χ4n) is 6.87. The Bertz CT molecular complexity index is 2060. The third kappa shape index (κ3) is 8.54. The lowest BCUT2D eigenvalue weighted by molar-refractivity contribution is -0.274. The van der Waals surface area contributed by atoms with Crippen molar-refractivity contribution in [2.24, 2.45) is 5.92 Å². The summed E-state index contributed by atoms with van der Waals surface area (Å²) in [4.78, 5) is 25.0. The topological polar surface area (TPSA) is 107 Å². The van der Waals surface area contributed by atoms with Crippen LogP contribution in [0.15, 0.2) is 91.6 Å². The van der Waals surface area contributed by atoms with Crippen molar-refractivity contribution >= 4 is 23.1 Å². The number of anilines is 3. The number of carbonyl (C=O) groups excluding carboxylic acids is 1. The molecule has 16 heteroatoms. The third-order valence-electron chi connectivity index (χ3n) is 9.50. The normalized spacial score (nSPS) is 18.8. The van der Waals surface area contributed by atoms with E-state index in [-0.39, 0.29) is 23.8 Å². The minimum atomic E-state index is -4.83. The largest absolute Gasteiger partial charge is 0.573 e. The van der Waals surface area contributed by atoms with Crippen molar-refractivity contribution in [3.63, 3.8) is 0 Å². The Labute approximate surface area is 307 Å². The predicted octanol–water partition coefficient (Wildman–Crippen LogP) is 6.75. The highest BCUT2D eigenvalue weighted by Gasteiger charge is 2.44. The molecule has 4 heterocycles. The molecule has 1 N–H and O–H groups in total. The van der Waals surface area contributed by atoms with Gasteiger partial charge in [0.2, 0.25) is 0 Å². The lowest BCUT2D eigenvalue weighted by Gasteiger charge is -2.37. The van der Waals surface area contributed by atoms with Gasteiger partial charge in [0.05, 0.1) is 26.0 Å². The van der Waals surface area contributed by atoms with Crippen molar-refractivity contribution in [1.29, 1.82) is 0 Å². The molecule has 0 radical (unpaired) electrons. The average Bonchev–Trinajstić information content (AvgIpc) is 3.82. The number of aryl methyl sites for hydroxylation is 1. The first-order chi connectivity index (χ1) is 25.9. The summed E-state index contributed by atoms with van der Waals surface area (Å²) >= 11 is 0. The first-order valence-corrected chi connectivity index (χ1v) is 17.2. The summed E-state index contributed by atoms with van der Waals surface area (Å²) in [7, 11) is 0. The van der Waals surface area contributed by atoms with Crippen LogP contribution in [0.4, 0.5) is 39.1 Å². The van der Waals surface area contributed by atoms with Gasteiger partial charge in [0.15, 0.2) is 0 Å². The molecule has 5 aromatic rings. The number of carbonyl (C=O) groups is 1. The smallest absolute Gasteiger partial charge is 0.493 e. The van der Waals surface area contributed by atoms with Gasteiger partial charge in [0, 0.05) is 60.7 Å². The molecule has 0 aliphatic carbocycles. The van der Waals surface area contributed by atoms with Gasteiger partial charge in [-0.2, -0.15) is 5.10 Å². The maximum absolute atomic E-state index is 15.0. The number of amides is 1.